The molecule has 0 bridgehead atoms. The number of hydrogen-bond acceptors (Lipinski definition) is 2. The van der Waals surface area contributed by atoms with Gasteiger partial charge in [-0.25, -0.2) is 0 Å². The number of aliphatic hydroxyl groups excluding tert-OH is 1. The van der Waals surface area contributed by atoms with Crippen molar-refractivity contribution in [3.05, 3.63) is 0 Å². The number of piperidine rings is 1. The summed E-state index contributed by atoms with van der Waals surface area (Å²) in [5.74, 6) is 0. The second kappa shape index (κ2) is 7.24. The van der Waals surface area contributed by atoms with Gasteiger partial charge >= 0.3 is 0 Å². The van der Waals surface area contributed by atoms with Crippen LogP contribution in [0.5, 0.6) is 0 Å². The third kappa shape index (κ3) is 5.53. The van der Waals surface area contributed by atoms with E-state index in [9.17, 15) is 5.11 Å². The molecule has 0 unspecified atom stereocenters. The van der Waals surface area contributed by atoms with E-state index in [0.29, 0.717) is 12.1 Å². The van der Waals surface area contributed by atoms with E-state index in [0.717, 1.165) is 12.8 Å². The Morgan fingerprint density at radius 1 is 1.13 bits per heavy atom. The molecule has 2 heteroatoms. The summed E-state index contributed by atoms with van der Waals surface area (Å²) in [7, 11) is 0. The second-order valence-electron chi connectivity index (χ2n) is 5.09. The SMILES string of the molecule is CCCCCCC[C@@H]1C[C@H](O)C[C@H](C)N1. The van der Waals surface area contributed by atoms with Gasteiger partial charge in [-0.05, 0) is 26.2 Å². The van der Waals surface area contributed by atoms with E-state index >= 15 is 0 Å². The van der Waals surface area contributed by atoms with Gasteiger partial charge in [0.1, 0.15) is 0 Å². The van der Waals surface area contributed by atoms with Crippen molar-refractivity contribution in [3.63, 3.8) is 0 Å². The zero-order chi connectivity index (χ0) is 11.1. The predicted molar refractivity (Wildman–Crippen MR) is 65.0 cm³/mol. The van der Waals surface area contributed by atoms with Crippen LogP contribution in [0.4, 0.5) is 0 Å². The first-order chi connectivity index (χ1) is 7.22. The molecule has 3 atom stereocenters. The summed E-state index contributed by atoms with van der Waals surface area (Å²) in [6, 6.07) is 1.06. The molecule has 0 radical (unpaired) electrons. The molecule has 0 aromatic rings. The van der Waals surface area contributed by atoms with E-state index in [1.165, 1.54) is 38.5 Å². The van der Waals surface area contributed by atoms with Crippen LogP contribution in [0.3, 0.4) is 0 Å². The summed E-state index contributed by atoms with van der Waals surface area (Å²) in [5.41, 5.74) is 0. The molecule has 2 N–H and O–H groups in total. The molecule has 0 aliphatic carbocycles. The minimum absolute atomic E-state index is 0.0677. The van der Waals surface area contributed by atoms with Crippen molar-refractivity contribution in [3.8, 4) is 0 Å². The van der Waals surface area contributed by atoms with Gasteiger partial charge in [-0.2, -0.15) is 0 Å². The highest BCUT2D eigenvalue weighted by molar-refractivity contribution is 4.82. The average molecular weight is 213 g/mol. The van der Waals surface area contributed by atoms with E-state index in [2.05, 4.69) is 19.2 Å². The molecule has 1 aliphatic rings. The van der Waals surface area contributed by atoms with Gasteiger partial charge in [-0.1, -0.05) is 39.0 Å². The maximum absolute atomic E-state index is 9.65. The van der Waals surface area contributed by atoms with Crippen LogP contribution in [0.15, 0.2) is 0 Å². The molecule has 2 nitrogen and oxygen atoms in total. The summed E-state index contributed by atoms with van der Waals surface area (Å²) in [6.07, 6.45) is 9.79. The lowest BCUT2D eigenvalue weighted by atomic mass is 9.93. The van der Waals surface area contributed by atoms with Crippen molar-refractivity contribution in [1.29, 1.82) is 0 Å². The van der Waals surface area contributed by atoms with Gasteiger partial charge < -0.3 is 10.4 Å². The molecule has 1 heterocycles. The summed E-state index contributed by atoms with van der Waals surface area (Å²) < 4.78 is 0. The van der Waals surface area contributed by atoms with Gasteiger partial charge in [0.2, 0.25) is 0 Å². The maximum Gasteiger partial charge on any atom is 0.0569 e. The van der Waals surface area contributed by atoms with Crippen LogP contribution in [0.2, 0.25) is 0 Å². The van der Waals surface area contributed by atoms with Crippen molar-refractivity contribution in [1.82, 2.24) is 5.32 Å². The predicted octanol–water partition coefficient (Wildman–Crippen LogP) is 2.85. The number of aliphatic hydroxyl groups is 1. The first kappa shape index (κ1) is 13.0. The van der Waals surface area contributed by atoms with E-state index in [4.69, 9.17) is 0 Å². The Kier molecular flexibility index (Phi) is 6.26. The molecule has 0 aromatic heterocycles. The van der Waals surface area contributed by atoms with Crippen molar-refractivity contribution in [2.24, 2.45) is 0 Å². The molecule has 0 saturated carbocycles. The maximum atomic E-state index is 9.65. The Balaban J connectivity index is 2.04. The summed E-state index contributed by atoms with van der Waals surface area (Å²) in [6.45, 7) is 4.42. The fraction of sp³-hybridized carbons (Fsp3) is 1.00. The summed E-state index contributed by atoms with van der Waals surface area (Å²) >= 11 is 0. The monoisotopic (exact) mass is 213 g/mol. The van der Waals surface area contributed by atoms with Crippen LogP contribution in [-0.4, -0.2) is 23.3 Å². The lowest BCUT2D eigenvalue weighted by Crippen LogP contribution is -2.45. The Bertz CT molecular complexity index is 151. The van der Waals surface area contributed by atoms with E-state index < -0.39 is 0 Å². The fourth-order valence-corrected chi connectivity index (χ4v) is 2.57. The third-order valence-electron chi connectivity index (χ3n) is 3.36. The zero-order valence-electron chi connectivity index (χ0n) is 10.3. The highest BCUT2D eigenvalue weighted by Gasteiger charge is 2.23. The Labute approximate surface area is 94.5 Å². The van der Waals surface area contributed by atoms with Gasteiger partial charge in [-0.3, -0.25) is 0 Å². The van der Waals surface area contributed by atoms with Crippen LogP contribution in [0.1, 0.15) is 65.2 Å². The molecule has 1 aliphatic heterocycles. The lowest BCUT2D eigenvalue weighted by molar-refractivity contribution is 0.0946. The smallest absolute Gasteiger partial charge is 0.0569 e. The molecule has 15 heavy (non-hydrogen) atoms. The molecular weight excluding hydrogens is 186 g/mol. The molecule has 1 fully saturated rings. The van der Waals surface area contributed by atoms with Crippen LogP contribution >= 0.6 is 0 Å². The first-order valence-corrected chi connectivity index (χ1v) is 6.66. The van der Waals surface area contributed by atoms with Crippen LogP contribution in [-0.2, 0) is 0 Å². The van der Waals surface area contributed by atoms with Crippen LogP contribution in [0, 0.1) is 0 Å². The highest BCUT2D eigenvalue weighted by atomic mass is 16.3. The van der Waals surface area contributed by atoms with Gasteiger partial charge in [-0.15, -0.1) is 0 Å². The Morgan fingerprint density at radius 3 is 2.53 bits per heavy atom. The number of rotatable bonds is 6. The second-order valence-corrected chi connectivity index (χ2v) is 5.09. The van der Waals surface area contributed by atoms with Crippen LogP contribution in [0.25, 0.3) is 0 Å². The van der Waals surface area contributed by atoms with Crippen molar-refractivity contribution < 1.29 is 5.11 Å². The third-order valence-corrected chi connectivity index (χ3v) is 3.36. The number of hydrogen-bond donors (Lipinski definition) is 2. The fourth-order valence-electron chi connectivity index (χ4n) is 2.57. The van der Waals surface area contributed by atoms with Crippen molar-refractivity contribution >= 4 is 0 Å². The number of unbranched alkanes of at least 4 members (excludes halogenated alkanes) is 4. The Morgan fingerprint density at radius 2 is 1.87 bits per heavy atom. The summed E-state index contributed by atoms with van der Waals surface area (Å²) in [5, 5.41) is 13.2. The minimum atomic E-state index is -0.0677. The first-order valence-electron chi connectivity index (χ1n) is 6.66. The van der Waals surface area contributed by atoms with Gasteiger partial charge in [0.05, 0.1) is 6.10 Å². The van der Waals surface area contributed by atoms with Crippen LogP contribution < -0.4 is 5.32 Å². The van der Waals surface area contributed by atoms with Gasteiger partial charge in [0.25, 0.3) is 0 Å². The molecule has 90 valence electrons. The van der Waals surface area contributed by atoms with Crippen molar-refractivity contribution in [2.45, 2.75) is 83.4 Å². The molecule has 0 aromatic carbocycles. The van der Waals surface area contributed by atoms with E-state index in [1.807, 2.05) is 0 Å². The van der Waals surface area contributed by atoms with E-state index in [1.54, 1.807) is 0 Å². The topological polar surface area (TPSA) is 32.3 Å². The molecule has 0 spiro atoms. The zero-order valence-corrected chi connectivity index (χ0v) is 10.3. The summed E-state index contributed by atoms with van der Waals surface area (Å²) in [4.78, 5) is 0. The standard InChI is InChI=1S/C13H27NO/c1-3-4-5-6-7-8-12-10-13(15)9-11(2)14-12/h11-15H,3-10H2,1-2H3/t11-,12+,13+/m0/s1. The molecule has 1 rings (SSSR count). The quantitative estimate of drug-likeness (QED) is 0.665. The Hall–Kier alpha value is -0.0800. The lowest BCUT2D eigenvalue weighted by Gasteiger charge is -2.32. The van der Waals surface area contributed by atoms with Gasteiger partial charge in [0.15, 0.2) is 0 Å². The van der Waals surface area contributed by atoms with E-state index in [-0.39, 0.29) is 6.10 Å². The van der Waals surface area contributed by atoms with Gasteiger partial charge in [0, 0.05) is 12.1 Å². The largest absolute Gasteiger partial charge is 0.393 e. The number of nitrogens with one attached hydrogen (secondary N) is 1. The normalized spacial score (nSPS) is 31.8. The molecule has 1 saturated heterocycles. The molecule has 0 amide bonds. The molecular formula is C13H27NO. The highest BCUT2D eigenvalue weighted by Crippen LogP contribution is 2.18. The average Bonchev–Trinajstić information content (AvgIpc) is 2.16. The van der Waals surface area contributed by atoms with Crippen molar-refractivity contribution in [2.75, 3.05) is 0 Å². The minimum Gasteiger partial charge on any atom is -0.393 e.